The van der Waals surface area contributed by atoms with E-state index in [0.29, 0.717) is 6.61 Å². The first-order valence-corrected chi connectivity index (χ1v) is 7.53. The maximum absolute atomic E-state index is 6.35. The molecule has 0 saturated heterocycles. The molecule has 1 aliphatic heterocycles. The van der Waals surface area contributed by atoms with Crippen molar-refractivity contribution in [2.75, 3.05) is 18.1 Å². The van der Waals surface area contributed by atoms with Crippen LogP contribution < -0.4 is 15.4 Å². The van der Waals surface area contributed by atoms with Gasteiger partial charge in [0.05, 0.1) is 6.54 Å². The van der Waals surface area contributed by atoms with Crippen LogP contribution >= 0.6 is 11.6 Å². The monoisotopic (exact) mass is 302 g/mol. The molecular formula is C17H19ClN2O. The number of nitrogens with zero attached hydrogens (tertiary/aromatic N) is 1. The molecular weight excluding hydrogens is 284 g/mol. The molecule has 0 bridgehead atoms. The van der Waals surface area contributed by atoms with Crippen molar-refractivity contribution in [2.45, 2.75) is 19.5 Å². The Balaban J connectivity index is 1.89. The van der Waals surface area contributed by atoms with Crippen LogP contribution in [0.1, 0.15) is 24.1 Å². The van der Waals surface area contributed by atoms with E-state index in [1.807, 2.05) is 37.3 Å². The molecule has 2 aromatic rings. The van der Waals surface area contributed by atoms with Crippen LogP contribution in [0.15, 0.2) is 42.5 Å². The van der Waals surface area contributed by atoms with Crippen LogP contribution in [0, 0.1) is 0 Å². The van der Waals surface area contributed by atoms with Crippen LogP contribution in [0.25, 0.3) is 0 Å². The van der Waals surface area contributed by atoms with E-state index < -0.39 is 0 Å². The Labute approximate surface area is 130 Å². The zero-order valence-corrected chi connectivity index (χ0v) is 12.8. The standard InChI is InChI=1S/C17H19ClN2O/c1-12(19)15-7-6-14(10-16(15)18)20-8-9-21-17-5-3-2-4-13(17)11-20/h2-7,10,12H,8-9,11,19H2,1H3. The highest BCUT2D eigenvalue weighted by Gasteiger charge is 2.16. The van der Waals surface area contributed by atoms with Crippen LogP contribution in [-0.2, 0) is 6.54 Å². The highest BCUT2D eigenvalue weighted by atomic mass is 35.5. The quantitative estimate of drug-likeness (QED) is 0.918. The molecule has 110 valence electrons. The van der Waals surface area contributed by atoms with Crippen LogP contribution in [0.3, 0.4) is 0 Å². The number of hydrogen-bond donors (Lipinski definition) is 1. The Hall–Kier alpha value is -1.71. The molecule has 1 atom stereocenters. The van der Waals surface area contributed by atoms with Gasteiger partial charge in [-0.1, -0.05) is 35.9 Å². The summed E-state index contributed by atoms with van der Waals surface area (Å²) in [6.45, 7) is 4.27. The largest absolute Gasteiger partial charge is 0.491 e. The molecule has 2 aromatic carbocycles. The summed E-state index contributed by atoms with van der Waals surface area (Å²) in [5.74, 6) is 0.971. The summed E-state index contributed by atoms with van der Waals surface area (Å²) in [4.78, 5) is 2.28. The molecule has 1 aliphatic rings. The molecule has 1 heterocycles. The highest BCUT2D eigenvalue weighted by Crippen LogP contribution is 2.30. The molecule has 0 aromatic heterocycles. The Bertz CT molecular complexity index is 642. The Morgan fingerprint density at radius 2 is 2.05 bits per heavy atom. The summed E-state index contributed by atoms with van der Waals surface area (Å²) in [5, 5.41) is 0.723. The number of nitrogens with two attached hydrogens (primary N) is 1. The first-order chi connectivity index (χ1) is 10.1. The molecule has 0 spiro atoms. The van der Waals surface area contributed by atoms with E-state index in [2.05, 4.69) is 17.0 Å². The van der Waals surface area contributed by atoms with Crippen LogP contribution in [0.2, 0.25) is 5.02 Å². The maximum Gasteiger partial charge on any atom is 0.124 e. The molecule has 1 unspecified atom stereocenters. The Morgan fingerprint density at radius 3 is 2.81 bits per heavy atom. The first-order valence-electron chi connectivity index (χ1n) is 7.16. The number of halogens is 1. The number of benzene rings is 2. The molecule has 0 aliphatic carbocycles. The van der Waals surface area contributed by atoms with Gasteiger partial charge in [0, 0.05) is 28.9 Å². The second-order valence-corrected chi connectivity index (χ2v) is 5.78. The summed E-state index contributed by atoms with van der Waals surface area (Å²) < 4.78 is 5.80. The fourth-order valence-electron chi connectivity index (χ4n) is 2.63. The minimum absolute atomic E-state index is 0.0558. The van der Waals surface area contributed by atoms with E-state index in [1.165, 1.54) is 5.56 Å². The van der Waals surface area contributed by atoms with Gasteiger partial charge in [0.15, 0.2) is 0 Å². The molecule has 0 radical (unpaired) electrons. The van der Waals surface area contributed by atoms with Gasteiger partial charge in [-0.25, -0.2) is 0 Å². The zero-order chi connectivity index (χ0) is 14.8. The molecule has 0 fully saturated rings. The highest BCUT2D eigenvalue weighted by molar-refractivity contribution is 6.31. The van der Waals surface area contributed by atoms with E-state index in [1.54, 1.807) is 0 Å². The van der Waals surface area contributed by atoms with Crippen LogP contribution in [0.4, 0.5) is 5.69 Å². The Kier molecular flexibility index (Phi) is 4.04. The van der Waals surface area contributed by atoms with Crippen molar-refractivity contribution >= 4 is 17.3 Å². The molecule has 4 heteroatoms. The Morgan fingerprint density at radius 1 is 1.24 bits per heavy atom. The molecule has 0 saturated carbocycles. The fourth-order valence-corrected chi connectivity index (χ4v) is 2.98. The van der Waals surface area contributed by atoms with E-state index in [9.17, 15) is 0 Å². The smallest absolute Gasteiger partial charge is 0.124 e. The van der Waals surface area contributed by atoms with Gasteiger partial charge in [0.2, 0.25) is 0 Å². The first kappa shape index (κ1) is 14.2. The van der Waals surface area contributed by atoms with Crippen molar-refractivity contribution in [1.82, 2.24) is 0 Å². The maximum atomic E-state index is 6.35. The molecule has 2 N–H and O–H groups in total. The van der Waals surface area contributed by atoms with Gasteiger partial charge >= 0.3 is 0 Å². The second kappa shape index (κ2) is 5.96. The lowest BCUT2D eigenvalue weighted by Crippen LogP contribution is -2.25. The number of rotatable bonds is 2. The normalized spacial score (nSPS) is 15.9. The van der Waals surface area contributed by atoms with E-state index in [0.717, 1.165) is 35.1 Å². The lowest BCUT2D eigenvalue weighted by atomic mass is 10.1. The summed E-state index contributed by atoms with van der Waals surface area (Å²) in [6, 6.07) is 14.2. The summed E-state index contributed by atoms with van der Waals surface area (Å²) in [5.41, 5.74) is 9.19. The lowest BCUT2D eigenvalue weighted by Gasteiger charge is -2.23. The second-order valence-electron chi connectivity index (χ2n) is 5.37. The minimum atomic E-state index is -0.0558. The number of hydrogen-bond acceptors (Lipinski definition) is 3. The molecule has 0 amide bonds. The number of anilines is 1. The fraction of sp³-hybridized carbons (Fsp3) is 0.294. The van der Waals surface area contributed by atoms with Gasteiger partial charge in [-0.05, 0) is 30.7 Å². The summed E-state index contributed by atoms with van der Waals surface area (Å²) >= 11 is 6.35. The number of fused-ring (bicyclic) bond motifs is 1. The van der Waals surface area contributed by atoms with Gasteiger partial charge in [-0.15, -0.1) is 0 Å². The van der Waals surface area contributed by atoms with E-state index >= 15 is 0 Å². The number of para-hydroxylation sites is 1. The van der Waals surface area contributed by atoms with Crippen molar-refractivity contribution in [3.63, 3.8) is 0 Å². The molecule has 3 rings (SSSR count). The predicted octanol–water partition coefficient (Wildman–Crippen LogP) is 3.76. The summed E-state index contributed by atoms with van der Waals surface area (Å²) in [7, 11) is 0. The molecule has 21 heavy (non-hydrogen) atoms. The van der Waals surface area contributed by atoms with Crippen molar-refractivity contribution in [1.29, 1.82) is 0 Å². The lowest BCUT2D eigenvalue weighted by molar-refractivity contribution is 0.331. The van der Waals surface area contributed by atoms with Gasteiger partial charge in [-0.3, -0.25) is 0 Å². The van der Waals surface area contributed by atoms with Gasteiger partial charge in [0.25, 0.3) is 0 Å². The van der Waals surface area contributed by atoms with Crippen LogP contribution in [-0.4, -0.2) is 13.2 Å². The third kappa shape index (κ3) is 2.99. The van der Waals surface area contributed by atoms with Crippen molar-refractivity contribution in [3.8, 4) is 5.75 Å². The minimum Gasteiger partial charge on any atom is -0.491 e. The molecule has 3 nitrogen and oxygen atoms in total. The topological polar surface area (TPSA) is 38.5 Å². The van der Waals surface area contributed by atoms with Crippen LogP contribution in [0.5, 0.6) is 5.75 Å². The average Bonchev–Trinajstić information content (AvgIpc) is 2.68. The van der Waals surface area contributed by atoms with Gasteiger partial charge in [0.1, 0.15) is 12.4 Å². The number of ether oxygens (including phenoxy) is 1. The SMILES string of the molecule is CC(N)c1ccc(N2CCOc3ccccc3C2)cc1Cl. The third-order valence-electron chi connectivity index (χ3n) is 3.79. The predicted molar refractivity (Wildman–Crippen MR) is 87.0 cm³/mol. The van der Waals surface area contributed by atoms with Crippen molar-refractivity contribution < 1.29 is 4.74 Å². The van der Waals surface area contributed by atoms with E-state index in [4.69, 9.17) is 22.1 Å². The van der Waals surface area contributed by atoms with E-state index in [-0.39, 0.29) is 6.04 Å². The third-order valence-corrected chi connectivity index (χ3v) is 4.12. The van der Waals surface area contributed by atoms with Gasteiger partial charge < -0.3 is 15.4 Å². The van der Waals surface area contributed by atoms with Gasteiger partial charge in [-0.2, -0.15) is 0 Å². The van der Waals surface area contributed by atoms with Crippen molar-refractivity contribution in [2.24, 2.45) is 5.73 Å². The average molecular weight is 303 g/mol. The van der Waals surface area contributed by atoms with Crippen molar-refractivity contribution in [3.05, 3.63) is 58.6 Å². The zero-order valence-electron chi connectivity index (χ0n) is 12.1. The summed E-state index contributed by atoms with van der Waals surface area (Å²) in [6.07, 6.45) is 0.